The van der Waals surface area contributed by atoms with E-state index in [4.69, 9.17) is 0 Å². The molecular formula is C19H38AlN. The average Bonchev–Trinajstić information content (AvgIpc) is 2.87. The Morgan fingerprint density at radius 2 is 1.29 bits per heavy atom. The van der Waals surface area contributed by atoms with Gasteiger partial charge in [0, 0.05) is 0 Å². The second-order valence-corrected chi connectivity index (χ2v) is 11.7. The average molecular weight is 308 g/mol. The van der Waals surface area contributed by atoms with Crippen LogP contribution in [0.3, 0.4) is 0 Å². The standard InChI is InChI=1S/C14H28.C5H10N.Al/c1-11(2)7-9-13(5)14(6)10-8-12(3)4;1-2-4-6-5-3-1;/h11-14H,5-10H2,1-4H3;1-5H2;/q;-1;+1/t13-,14-;;/m0../s1. The first-order valence-corrected chi connectivity index (χ1v) is 11.9. The second kappa shape index (κ2) is 8.95. The first kappa shape index (κ1) is 17.8. The predicted molar refractivity (Wildman–Crippen MR) is 95.9 cm³/mol. The number of rotatable bonds is 7. The van der Waals surface area contributed by atoms with E-state index in [0.29, 0.717) is 0 Å². The Kier molecular flexibility index (Phi) is 7.60. The quantitative estimate of drug-likeness (QED) is 0.555. The van der Waals surface area contributed by atoms with Crippen LogP contribution in [0.2, 0.25) is 10.6 Å². The SMILES string of the molecule is CC(C)CC[C@@H]1[CH2][Al]([N]2CCCCC2)[CH2][C@H]1CCC(C)C. The fraction of sp³-hybridized carbons (Fsp3) is 1.00. The summed E-state index contributed by atoms with van der Waals surface area (Å²) in [5, 5.41) is 3.30. The Morgan fingerprint density at radius 3 is 1.71 bits per heavy atom. The number of nitrogens with zero attached hydrogens (tertiary/aromatic N) is 1. The van der Waals surface area contributed by atoms with E-state index in [9.17, 15) is 0 Å². The predicted octanol–water partition coefficient (Wildman–Crippen LogP) is 5.58. The van der Waals surface area contributed by atoms with E-state index in [1.54, 1.807) is 10.6 Å². The van der Waals surface area contributed by atoms with E-state index in [2.05, 4.69) is 31.6 Å². The maximum atomic E-state index is 2.99. The van der Waals surface area contributed by atoms with Gasteiger partial charge in [0.25, 0.3) is 0 Å². The Labute approximate surface area is 138 Å². The maximum absolute atomic E-state index is 2.99. The molecule has 21 heavy (non-hydrogen) atoms. The first-order chi connectivity index (χ1) is 10.1. The molecule has 2 heterocycles. The topological polar surface area (TPSA) is 3.24 Å². The van der Waals surface area contributed by atoms with Crippen LogP contribution in [-0.4, -0.2) is 31.3 Å². The molecule has 0 aliphatic carbocycles. The molecule has 2 aliphatic rings. The van der Waals surface area contributed by atoms with E-state index in [1.807, 2.05) is 0 Å². The van der Waals surface area contributed by atoms with Crippen molar-refractivity contribution in [2.24, 2.45) is 23.7 Å². The third-order valence-corrected chi connectivity index (χ3v) is 9.80. The van der Waals surface area contributed by atoms with Crippen LogP contribution >= 0.6 is 0 Å². The molecule has 122 valence electrons. The van der Waals surface area contributed by atoms with Crippen molar-refractivity contribution in [2.75, 3.05) is 13.1 Å². The van der Waals surface area contributed by atoms with Crippen molar-refractivity contribution in [2.45, 2.75) is 83.2 Å². The molecule has 1 nitrogen and oxygen atoms in total. The van der Waals surface area contributed by atoms with Crippen molar-refractivity contribution < 1.29 is 0 Å². The molecule has 0 aromatic rings. The van der Waals surface area contributed by atoms with Crippen molar-refractivity contribution in [1.82, 2.24) is 3.88 Å². The summed E-state index contributed by atoms with van der Waals surface area (Å²) < 4.78 is 2.99. The van der Waals surface area contributed by atoms with Crippen molar-refractivity contribution in [3.05, 3.63) is 0 Å². The van der Waals surface area contributed by atoms with Gasteiger partial charge in [-0.1, -0.05) is 82.2 Å². The molecule has 0 spiro atoms. The molecule has 0 bridgehead atoms. The van der Waals surface area contributed by atoms with Gasteiger partial charge in [-0.2, -0.15) is 0 Å². The van der Waals surface area contributed by atoms with Crippen molar-refractivity contribution in [1.29, 1.82) is 0 Å². The first-order valence-electron chi connectivity index (χ1n) is 9.80. The molecule has 2 aliphatic heterocycles. The van der Waals surface area contributed by atoms with Gasteiger partial charge < -0.3 is 3.88 Å². The zero-order valence-corrected chi connectivity index (χ0v) is 16.3. The van der Waals surface area contributed by atoms with Crippen LogP contribution in [0, 0.1) is 23.7 Å². The van der Waals surface area contributed by atoms with Crippen molar-refractivity contribution in [3.63, 3.8) is 0 Å². The van der Waals surface area contributed by atoms with Gasteiger partial charge in [0.2, 0.25) is 0 Å². The lowest BCUT2D eigenvalue weighted by Crippen LogP contribution is -2.41. The molecule has 2 fully saturated rings. The zero-order chi connectivity index (χ0) is 15.2. The van der Waals surface area contributed by atoms with Crippen LogP contribution < -0.4 is 0 Å². The zero-order valence-electron chi connectivity index (χ0n) is 15.1. The highest BCUT2D eigenvalue weighted by Gasteiger charge is 2.41. The summed E-state index contributed by atoms with van der Waals surface area (Å²) in [6, 6.07) is 0. The molecule has 0 aromatic carbocycles. The monoisotopic (exact) mass is 307 g/mol. The Hall–Kier alpha value is 0.492. The molecule has 0 radical (unpaired) electrons. The third kappa shape index (κ3) is 5.89. The molecular weight excluding hydrogens is 269 g/mol. The van der Waals surface area contributed by atoms with Gasteiger partial charge in [-0.05, 0) is 37.8 Å². The van der Waals surface area contributed by atoms with Gasteiger partial charge >= 0.3 is 14.4 Å². The summed E-state index contributed by atoms with van der Waals surface area (Å²) >= 11 is -0.571. The number of hydrogen-bond acceptors (Lipinski definition) is 1. The van der Waals surface area contributed by atoms with Crippen LogP contribution in [0.1, 0.15) is 72.6 Å². The van der Waals surface area contributed by atoms with Gasteiger partial charge in [-0.3, -0.25) is 0 Å². The van der Waals surface area contributed by atoms with Crippen molar-refractivity contribution >= 4 is 14.4 Å². The summed E-state index contributed by atoms with van der Waals surface area (Å²) in [6.45, 7) is 12.5. The van der Waals surface area contributed by atoms with Crippen molar-refractivity contribution in [3.8, 4) is 0 Å². The second-order valence-electron chi connectivity index (χ2n) is 8.68. The minimum atomic E-state index is -0.571. The molecule has 2 saturated heterocycles. The van der Waals surface area contributed by atoms with Gasteiger partial charge in [-0.25, -0.2) is 0 Å². The van der Waals surface area contributed by atoms with Crippen LogP contribution in [0.5, 0.6) is 0 Å². The highest BCUT2D eigenvalue weighted by atomic mass is 27.2. The highest BCUT2D eigenvalue weighted by Crippen LogP contribution is 2.41. The van der Waals surface area contributed by atoms with Gasteiger partial charge in [-0.15, -0.1) is 0 Å². The normalized spacial score (nSPS) is 28.0. The lowest BCUT2D eigenvalue weighted by Gasteiger charge is -2.30. The molecule has 2 heteroatoms. The van der Waals surface area contributed by atoms with Gasteiger partial charge in [0.05, 0.1) is 0 Å². The summed E-state index contributed by atoms with van der Waals surface area (Å²) in [7, 11) is 0. The molecule has 0 unspecified atom stereocenters. The molecule has 0 amide bonds. The van der Waals surface area contributed by atoms with Crippen LogP contribution in [0.25, 0.3) is 0 Å². The fourth-order valence-electron chi connectivity index (χ4n) is 4.56. The van der Waals surface area contributed by atoms with Crippen LogP contribution in [-0.2, 0) is 0 Å². The third-order valence-electron chi connectivity index (χ3n) is 5.95. The summed E-state index contributed by atoms with van der Waals surface area (Å²) in [6.07, 6.45) is 10.4. The van der Waals surface area contributed by atoms with Gasteiger partial charge in [0.1, 0.15) is 0 Å². The fourth-order valence-corrected chi connectivity index (χ4v) is 9.09. The van der Waals surface area contributed by atoms with Crippen LogP contribution in [0.15, 0.2) is 0 Å². The van der Waals surface area contributed by atoms with E-state index >= 15 is 0 Å². The lowest BCUT2D eigenvalue weighted by atomic mass is 9.85. The molecule has 0 aromatic heterocycles. The summed E-state index contributed by atoms with van der Waals surface area (Å²) in [5.74, 6) is 3.97. The molecule has 2 rings (SSSR count). The number of piperidine rings is 1. The largest absolute Gasteiger partial charge is 0.385 e. The maximum Gasteiger partial charge on any atom is 0.373 e. The highest BCUT2D eigenvalue weighted by molar-refractivity contribution is 6.56. The Bertz CT molecular complexity index is 263. The number of hydrogen-bond donors (Lipinski definition) is 0. The molecule has 2 atom stereocenters. The lowest BCUT2D eigenvalue weighted by molar-refractivity contribution is 0.320. The van der Waals surface area contributed by atoms with Crippen LogP contribution in [0.4, 0.5) is 0 Å². The Morgan fingerprint density at radius 1 is 0.810 bits per heavy atom. The smallest absolute Gasteiger partial charge is 0.373 e. The van der Waals surface area contributed by atoms with E-state index < -0.39 is 14.4 Å². The van der Waals surface area contributed by atoms with E-state index in [-0.39, 0.29) is 0 Å². The molecule has 0 saturated carbocycles. The Balaban J connectivity index is 1.87. The summed E-state index contributed by atoms with van der Waals surface area (Å²) in [4.78, 5) is 0. The van der Waals surface area contributed by atoms with E-state index in [1.165, 1.54) is 58.0 Å². The van der Waals surface area contributed by atoms with Gasteiger partial charge in [0.15, 0.2) is 0 Å². The minimum Gasteiger partial charge on any atom is -0.385 e. The molecule has 0 N–H and O–H groups in total. The minimum absolute atomic E-state index is 0.571. The summed E-state index contributed by atoms with van der Waals surface area (Å²) in [5.41, 5.74) is 0. The van der Waals surface area contributed by atoms with E-state index in [0.717, 1.165) is 23.7 Å².